The summed E-state index contributed by atoms with van der Waals surface area (Å²) >= 11 is 12.6. The molecule has 0 saturated carbocycles. The molecule has 0 unspecified atom stereocenters. The third-order valence-corrected chi connectivity index (χ3v) is 3.91. The molecular weight excluding hydrogens is 332 g/mol. The number of pyridine rings is 1. The molecule has 0 bridgehead atoms. The molecule has 0 radical (unpaired) electrons. The molecule has 2 N–H and O–H groups in total. The number of benzene rings is 1. The van der Waals surface area contributed by atoms with Gasteiger partial charge >= 0.3 is 6.18 Å². The van der Waals surface area contributed by atoms with Crippen LogP contribution in [0.4, 0.5) is 19.0 Å². The van der Waals surface area contributed by atoms with E-state index >= 15 is 0 Å². The van der Waals surface area contributed by atoms with Gasteiger partial charge < -0.3 is 5.73 Å². The summed E-state index contributed by atoms with van der Waals surface area (Å²) in [5.41, 5.74) is 4.55. The van der Waals surface area contributed by atoms with E-state index in [1.54, 1.807) is 18.2 Å². The lowest BCUT2D eigenvalue weighted by atomic mass is 10.2. The highest BCUT2D eigenvalue weighted by molar-refractivity contribution is 7.99. The third-order valence-electron chi connectivity index (χ3n) is 2.26. The van der Waals surface area contributed by atoms with Crippen LogP contribution in [0.2, 0.25) is 10.0 Å². The summed E-state index contributed by atoms with van der Waals surface area (Å²) in [7, 11) is 0. The van der Waals surface area contributed by atoms with Gasteiger partial charge in [0, 0.05) is 4.90 Å². The highest BCUT2D eigenvalue weighted by atomic mass is 35.5. The largest absolute Gasteiger partial charge is 0.416 e. The van der Waals surface area contributed by atoms with Gasteiger partial charge in [0.05, 0.1) is 15.6 Å². The fraction of sp³-hybridized carbons (Fsp3) is 0.0833. The minimum Gasteiger partial charge on any atom is -0.384 e. The number of nitrogens with zero attached hydrogens (tertiary/aromatic N) is 1. The van der Waals surface area contributed by atoms with E-state index in [9.17, 15) is 13.2 Å². The molecule has 8 heteroatoms. The summed E-state index contributed by atoms with van der Waals surface area (Å²) in [5.74, 6) is -0.192. The topological polar surface area (TPSA) is 38.9 Å². The van der Waals surface area contributed by atoms with Gasteiger partial charge in [-0.25, -0.2) is 4.98 Å². The maximum Gasteiger partial charge on any atom is 0.416 e. The number of alkyl halides is 3. The predicted molar refractivity (Wildman–Crippen MR) is 74.2 cm³/mol. The highest BCUT2D eigenvalue weighted by Gasteiger charge is 2.31. The van der Waals surface area contributed by atoms with Gasteiger partial charge in [0.1, 0.15) is 10.8 Å². The van der Waals surface area contributed by atoms with Gasteiger partial charge in [-0.15, -0.1) is 0 Å². The lowest BCUT2D eigenvalue weighted by molar-refractivity contribution is -0.137. The summed E-state index contributed by atoms with van der Waals surface area (Å²) in [5, 5.41) is 0.819. The van der Waals surface area contributed by atoms with Gasteiger partial charge in [0.2, 0.25) is 0 Å². The zero-order chi connectivity index (χ0) is 14.9. The van der Waals surface area contributed by atoms with Crippen LogP contribution in [0.1, 0.15) is 5.56 Å². The molecule has 0 aliphatic rings. The smallest absolute Gasteiger partial charge is 0.384 e. The number of nitrogens with two attached hydrogens (primary N) is 1. The van der Waals surface area contributed by atoms with Crippen LogP contribution < -0.4 is 5.73 Å². The summed E-state index contributed by atoms with van der Waals surface area (Å²) in [6.45, 7) is 0. The van der Waals surface area contributed by atoms with E-state index in [1.807, 2.05) is 0 Å². The molecule has 0 saturated heterocycles. The van der Waals surface area contributed by atoms with Crippen LogP contribution in [0.3, 0.4) is 0 Å². The molecule has 0 atom stereocenters. The van der Waals surface area contributed by atoms with Gasteiger partial charge in [-0.2, -0.15) is 13.2 Å². The van der Waals surface area contributed by atoms with Gasteiger partial charge in [-0.05, 0) is 30.3 Å². The van der Waals surface area contributed by atoms with Crippen molar-refractivity contribution in [1.29, 1.82) is 0 Å². The molecular formula is C12H7Cl2F3N2S. The lowest BCUT2D eigenvalue weighted by Crippen LogP contribution is -2.07. The molecule has 2 aromatic rings. The molecule has 0 fully saturated rings. The van der Waals surface area contributed by atoms with Gasteiger partial charge in [0.15, 0.2) is 0 Å². The second-order valence-corrected chi connectivity index (χ2v) is 5.70. The quantitative estimate of drug-likeness (QED) is 0.823. The number of nitrogen functional groups attached to an aromatic ring is 1. The van der Waals surface area contributed by atoms with Crippen molar-refractivity contribution < 1.29 is 13.2 Å². The van der Waals surface area contributed by atoms with Crippen LogP contribution in [-0.4, -0.2) is 4.98 Å². The molecule has 0 aliphatic carbocycles. The van der Waals surface area contributed by atoms with Crippen molar-refractivity contribution >= 4 is 40.8 Å². The van der Waals surface area contributed by atoms with Crippen LogP contribution in [0.25, 0.3) is 0 Å². The second kappa shape index (κ2) is 5.71. The van der Waals surface area contributed by atoms with Crippen molar-refractivity contribution in [3.05, 3.63) is 45.9 Å². The van der Waals surface area contributed by atoms with Crippen LogP contribution in [0, 0.1) is 0 Å². The Balaban J connectivity index is 2.33. The Labute approximate surface area is 127 Å². The predicted octanol–water partition coefficient (Wildman–Crippen LogP) is 5.14. The van der Waals surface area contributed by atoms with Gasteiger partial charge in [0.25, 0.3) is 0 Å². The molecule has 0 aliphatic heterocycles. The first-order valence-corrected chi connectivity index (χ1v) is 6.80. The molecule has 1 aromatic heterocycles. The van der Waals surface area contributed by atoms with E-state index in [2.05, 4.69) is 4.98 Å². The minimum atomic E-state index is -4.47. The van der Waals surface area contributed by atoms with Crippen LogP contribution in [0.5, 0.6) is 0 Å². The van der Waals surface area contributed by atoms with Crippen molar-refractivity contribution in [2.45, 2.75) is 16.1 Å². The Kier molecular flexibility index (Phi) is 4.36. The Morgan fingerprint density at radius 3 is 2.35 bits per heavy atom. The van der Waals surface area contributed by atoms with E-state index in [1.165, 1.54) is 0 Å². The van der Waals surface area contributed by atoms with Gasteiger partial charge in [-0.3, -0.25) is 0 Å². The first kappa shape index (κ1) is 15.3. The van der Waals surface area contributed by atoms with Crippen LogP contribution in [-0.2, 0) is 6.18 Å². The van der Waals surface area contributed by atoms with Crippen molar-refractivity contribution in [3.8, 4) is 0 Å². The Bertz CT molecular complexity index is 647. The summed E-state index contributed by atoms with van der Waals surface area (Å²) < 4.78 is 38.0. The third kappa shape index (κ3) is 3.71. The molecule has 1 aromatic carbocycles. The summed E-state index contributed by atoms with van der Waals surface area (Å²) in [4.78, 5) is 4.48. The fourth-order valence-corrected chi connectivity index (χ4v) is 2.66. The van der Waals surface area contributed by atoms with Gasteiger partial charge in [-0.1, -0.05) is 35.0 Å². The Hall–Kier alpha value is -1.11. The summed E-state index contributed by atoms with van der Waals surface area (Å²) in [6, 6.07) is 6.47. The molecule has 20 heavy (non-hydrogen) atoms. The number of rotatable bonds is 2. The highest BCUT2D eigenvalue weighted by Crippen LogP contribution is 2.36. The van der Waals surface area contributed by atoms with Crippen molar-refractivity contribution in [2.75, 3.05) is 5.73 Å². The Morgan fingerprint density at radius 2 is 1.75 bits per heavy atom. The molecule has 2 nitrogen and oxygen atoms in total. The first-order valence-electron chi connectivity index (χ1n) is 5.23. The maximum atomic E-state index is 12.7. The monoisotopic (exact) mass is 338 g/mol. The number of halogens is 5. The molecule has 2 rings (SSSR count). The van der Waals surface area contributed by atoms with E-state index < -0.39 is 11.7 Å². The first-order chi connectivity index (χ1) is 9.25. The molecule has 1 heterocycles. The zero-order valence-electron chi connectivity index (χ0n) is 9.71. The average molecular weight is 339 g/mol. The van der Waals surface area contributed by atoms with E-state index in [0.29, 0.717) is 14.9 Å². The average Bonchev–Trinajstić information content (AvgIpc) is 2.32. The molecule has 0 spiro atoms. The lowest BCUT2D eigenvalue weighted by Gasteiger charge is -2.09. The summed E-state index contributed by atoms with van der Waals surface area (Å²) in [6.07, 6.45) is -4.47. The molecule has 0 amide bonds. The van der Waals surface area contributed by atoms with E-state index in [-0.39, 0.29) is 10.8 Å². The molecule has 106 valence electrons. The maximum absolute atomic E-state index is 12.7. The van der Waals surface area contributed by atoms with E-state index in [0.717, 1.165) is 23.9 Å². The van der Waals surface area contributed by atoms with Crippen LogP contribution in [0.15, 0.2) is 40.3 Å². The normalized spacial score (nSPS) is 11.7. The zero-order valence-corrected chi connectivity index (χ0v) is 12.0. The fourth-order valence-electron chi connectivity index (χ4n) is 1.40. The van der Waals surface area contributed by atoms with Crippen molar-refractivity contribution in [3.63, 3.8) is 0 Å². The van der Waals surface area contributed by atoms with Crippen LogP contribution >= 0.6 is 35.0 Å². The number of hydrogen-bond acceptors (Lipinski definition) is 3. The second-order valence-electron chi connectivity index (χ2n) is 3.79. The number of anilines is 1. The van der Waals surface area contributed by atoms with Crippen molar-refractivity contribution in [1.82, 2.24) is 4.98 Å². The minimum absolute atomic E-state index is 0.135. The Morgan fingerprint density at radius 1 is 1.05 bits per heavy atom. The van der Waals surface area contributed by atoms with E-state index in [4.69, 9.17) is 28.9 Å². The number of aromatic nitrogens is 1. The number of hydrogen-bond donors (Lipinski definition) is 1. The standard InChI is InChI=1S/C12H7Cl2F3N2S/c13-8-2-1-7(5-9(8)14)20-11-4-6(12(15,16)17)3-10(18)19-11/h1-5H,(H2,18,19). The SMILES string of the molecule is Nc1cc(C(F)(F)F)cc(Sc2ccc(Cl)c(Cl)c2)n1. The van der Waals surface area contributed by atoms with Crippen molar-refractivity contribution in [2.24, 2.45) is 0 Å².